The molecule has 3 saturated heterocycles. The quantitative estimate of drug-likeness (QED) is 0.833. The first-order valence-electron chi connectivity index (χ1n) is 10.0. The third-order valence-electron chi connectivity index (χ3n) is 5.88. The number of ether oxygens (including phenoxy) is 1. The lowest BCUT2D eigenvalue weighted by atomic mass is 10.0. The molecule has 0 aliphatic carbocycles. The summed E-state index contributed by atoms with van der Waals surface area (Å²) < 4.78 is 5.90. The van der Waals surface area contributed by atoms with Crippen LogP contribution in [0.15, 0.2) is 12.4 Å². The first-order chi connectivity index (χ1) is 12.3. The van der Waals surface area contributed by atoms with Crippen molar-refractivity contribution < 1.29 is 4.74 Å². The van der Waals surface area contributed by atoms with Gasteiger partial charge in [-0.05, 0) is 25.7 Å². The molecule has 2 atom stereocenters. The minimum atomic E-state index is 0.493. The number of nitrogens with zero attached hydrogens (tertiary/aromatic N) is 5. The van der Waals surface area contributed by atoms with Gasteiger partial charge in [-0.2, -0.15) is 0 Å². The van der Waals surface area contributed by atoms with Gasteiger partial charge in [0.2, 0.25) is 0 Å². The molecular weight excluding hydrogens is 314 g/mol. The maximum atomic E-state index is 5.90. The number of hydrogen-bond acceptors (Lipinski definition) is 6. The molecule has 3 fully saturated rings. The Morgan fingerprint density at radius 3 is 2.60 bits per heavy atom. The van der Waals surface area contributed by atoms with Crippen molar-refractivity contribution >= 4 is 11.6 Å². The highest BCUT2D eigenvalue weighted by molar-refractivity contribution is 5.50. The average molecular weight is 345 g/mol. The molecule has 0 bridgehead atoms. The molecule has 0 aromatic carbocycles. The zero-order valence-corrected chi connectivity index (χ0v) is 15.4. The molecule has 3 aliphatic rings. The maximum Gasteiger partial charge on any atom is 0.134 e. The van der Waals surface area contributed by atoms with Gasteiger partial charge in [-0.15, -0.1) is 0 Å². The Bertz CT molecular complexity index is 561. The highest BCUT2D eigenvalue weighted by Crippen LogP contribution is 2.26. The Morgan fingerprint density at radius 2 is 1.80 bits per heavy atom. The van der Waals surface area contributed by atoms with Crippen molar-refractivity contribution in [3.8, 4) is 0 Å². The second-order valence-electron chi connectivity index (χ2n) is 7.60. The number of hydrogen-bond donors (Lipinski definition) is 0. The zero-order valence-electron chi connectivity index (χ0n) is 15.4. The number of anilines is 2. The van der Waals surface area contributed by atoms with E-state index in [0.29, 0.717) is 12.1 Å². The van der Waals surface area contributed by atoms with Crippen molar-refractivity contribution in [2.45, 2.75) is 51.1 Å². The van der Waals surface area contributed by atoms with Crippen molar-refractivity contribution in [1.82, 2.24) is 14.9 Å². The van der Waals surface area contributed by atoms with Crippen LogP contribution in [-0.2, 0) is 4.74 Å². The Kier molecular flexibility index (Phi) is 5.36. The second kappa shape index (κ2) is 7.87. The van der Waals surface area contributed by atoms with Crippen LogP contribution in [0.2, 0.25) is 0 Å². The molecule has 0 unspecified atom stereocenters. The predicted molar refractivity (Wildman–Crippen MR) is 100 cm³/mol. The van der Waals surface area contributed by atoms with Crippen molar-refractivity contribution in [2.75, 3.05) is 55.7 Å². The summed E-state index contributed by atoms with van der Waals surface area (Å²) in [6, 6.07) is 3.28. The van der Waals surface area contributed by atoms with Crippen molar-refractivity contribution in [3.63, 3.8) is 0 Å². The molecular formula is C19H31N5O. The lowest BCUT2D eigenvalue weighted by molar-refractivity contribution is -0.0558. The van der Waals surface area contributed by atoms with Gasteiger partial charge in [-0.3, -0.25) is 4.90 Å². The molecule has 6 heteroatoms. The third kappa shape index (κ3) is 3.75. The molecule has 4 heterocycles. The molecule has 0 N–H and O–H groups in total. The van der Waals surface area contributed by atoms with E-state index in [9.17, 15) is 0 Å². The third-order valence-corrected chi connectivity index (χ3v) is 5.88. The summed E-state index contributed by atoms with van der Waals surface area (Å²) >= 11 is 0. The largest absolute Gasteiger partial charge is 0.378 e. The smallest absolute Gasteiger partial charge is 0.134 e. The van der Waals surface area contributed by atoms with Gasteiger partial charge >= 0.3 is 0 Å². The molecule has 0 radical (unpaired) electrons. The van der Waals surface area contributed by atoms with Crippen LogP contribution in [0, 0.1) is 0 Å². The first kappa shape index (κ1) is 17.0. The Morgan fingerprint density at radius 1 is 1.00 bits per heavy atom. The van der Waals surface area contributed by atoms with Crippen LogP contribution in [0.5, 0.6) is 0 Å². The van der Waals surface area contributed by atoms with E-state index in [0.717, 1.165) is 57.6 Å². The molecule has 0 saturated carbocycles. The van der Waals surface area contributed by atoms with Crippen LogP contribution in [0.25, 0.3) is 0 Å². The van der Waals surface area contributed by atoms with E-state index < -0.39 is 0 Å². The van der Waals surface area contributed by atoms with Gasteiger partial charge < -0.3 is 14.5 Å². The number of piperidine rings is 1. The molecule has 1 aromatic heterocycles. The maximum absolute atomic E-state index is 5.90. The van der Waals surface area contributed by atoms with Gasteiger partial charge in [0.1, 0.15) is 18.0 Å². The summed E-state index contributed by atoms with van der Waals surface area (Å²) in [5.41, 5.74) is 0. The standard InChI is InChI=1S/C19H31N5O/c1-2-6-16-13-25-14-17-12-23(9-10-24(16)17)19-11-18(20-15-21-19)22-7-4-3-5-8-22/h11,15-17H,2-10,12-14H2,1H3/t16-,17+/m0/s1. The van der Waals surface area contributed by atoms with Crippen LogP contribution >= 0.6 is 0 Å². The zero-order chi connectivity index (χ0) is 17.1. The van der Waals surface area contributed by atoms with Crippen LogP contribution in [0.4, 0.5) is 11.6 Å². The SMILES string of the molecule is CCC[C@H]1COC[C@H]2CN(c3cc(N4CCCCC4)ncn3)CCN12. The van der Waals surface area contributed by atoms with Crippen molar-refractivity contribution in [1.29, 1.82) is 0 Å². The van der Waals surface area contributed by atoms with E-state index in [4.69, 9.17) is 4.74 Å². The highest BCUT2D eigenvalue weighted by atomic mass is 16.5. The van der Waals surface area contributed by atoms with Crippen LogP contribution in [0.1, 0.15) is 39.0 Å². The summed E-state index contributed by atoms with van der Waals surface area (Å²) in [7, 11) is 0. The van der Waals surface area contributed by atoms with Crippen LogP contribution in [-0.4, -0.2) is 72.9 Å². The summed E-state index contributed by atoms with van der Waals surface area (Å²) in [5.74, 6) is 2.17. The van der Waals surface area contributed by atoms with Gasteiger partial charge in [0, 0.05) is 44.8 Å². The molecule has 138 valence electrons. The Balaban J connectivity index is 1.44. The second-order valence-corrected chi connectivity index (χ2v) is 7.60. The lowest BCUT2D eigenvalue weighted by Crippen LogP contribution is -2.62. The van der Waals surface area contributed by atoms with E-state index in [2.05, 4.69) is 37.7 Å². The van der Waals surface area contributed by atoms with Gasteiger partial charge in [0.15, 0.2) is 0 Å². The Hall–Kier alpha value is -1.40. The molecule has 25 heavy (non-hydrogen) atoms. The fraction of sp³-hybridized carbons (Fsp3) is 0.789. The van der Waals surface area contributed by atoms with E-state index >= 15 is 0 Å². The van der Waals surface area contributed by atoms with Gasteiger partial charge in [-0.1, -0.05) is 13.3 Å². The summed E-state index contributed by atoms with van der Waals surface area (Å²) in [6.45, 7) is 9.44. The monoisotopic (exact) mass is 345 g/mol. The molecule has 3 aliphatic heterocycles. The van der Waals surface area contributed by atoms with E-state index in [-0.39, 0.29) is 0 Å². The van der Waals surface area contributed by atoms with E-state index in [1.54, 1.807) is 6.33 Å². The number of piperazine rings is 1. The molecule has 4 rings (SSSR count). The normalized spacial score (nSPS) is 28.0. The topological polar surface area (TPSA) is 44.7 Å². The highest BCUT2D eigenvalue weighted by Gasteiger charge is 2.35. The Labute approximate surface area is 151 Å². The molecule has 1 aromatic rings. The molecule has 6 nitrogen and oxygen atoms in total. The van der Waals surface area contributed by atoms with Crippen molar-refractivity contribution in [2.24, 2.45) is 0 Å². The number of aromatic nitrogens is 2. The van der Waals surface area contributed by atoms with E-state index in [1.807, 2.05) is 0 Å². The number of morpholine rings is 1. The predicted octanol–water partition coefficient (Wildman–Crippen LogP) is 2.16. The fourth-order valence-electron chi connectivity index (χ4n) is 4.53. The fourth-order valence-corrected chi connectivity index (χ4v) is 4.53. The van der Waals surface area contributed by atoms with E-state index in [1.165, 1.54) is 32.1 Å². The minimum Gasteiger partial charge on any atom is -0.378 e. The summed E-state index contributed by atoms with van der Waals surface area (Å²) in [4.78, 5) is 16.6. The summed E-state index contributed by atoms with van der Waals surface area (Å²) in [6.07, 6.45) is 8.10. The minimum absolute atomic E-state index is 0.493. The molecule has 0 spiro atoms. The number of rotatable bonds is 4. The van der Waals surface area contributed by atoms with Gasteiger partial charge in [0.05, 0.1) is 19.3 Å². The van der Waals surface area contributed by atoms with Crippen LogP contribution in [0.3, 0.4) is 0 Å². The number of fused-ring (bicyclic) bond motifs is 1. The van der Waals surface area contributed by atoms with Crippen molar-refractivity contribution in [3.05, 3.63) is 12.4 Å². The lowest BCUT2D eigenvalue weighted by Gasteiger charge is -2.48. The van der Waals surface area contributed by atoms with Gasteiger partial charge in [0.25, 0.3) is 0 Å². The van der Waals surface area contributed by atoms with Gasteiger partial charge in [-0.25, -0.2) is 9.97 Å². The summed E-state index contributed by atoms with van der Waals surface area (Å²) in [5, 5.41) is 0. The first-order valence-corrected chi connectivity index (χ1v) is 10.0. The van der Waals surface area contributed by atoms with Crippen LogP contribution < -0.4 is 9.80 Å². The average Bonchev–Trinajstić information content (AvgIpc) is 2.69. The molecule has 0 amide bonds.